The van der Waals surface area contributed by atoms with Gasteiger partial charge in [-0.15, -0.1) is 0 Å². The molecule has 0 bridgehead atoms. The smallest absolute Gasteiger partial charge is 0.269 e. The fourth-order valence-corrected chi connectivity index (χ4v) is 3.94. The summed E-state index contributed by atoms with van der Waals surface area (Å²) in [4.78, 5) is 25.2. The molecule has 0 radical (unpaired) electrons. The van der Waals surface area contributed by atoms with Crippen LogP contribution in [0.3, 0.4) is 0 Å². The number of pyridine rings is 2. The second kappa shape index (κ2) is 8.85. The summed E-state index contributed by atoms with van der Waals surface area (Å²) in [5, 5.41) is 10.3. The number of benzene rings is 1. The molecule has 5 rings (SSSR count). The van der Waals surface area contributed by atoms with Gasteiger partial charge < -0.3 is 15.6 Å². The number of nitrogens with zero attached hydrogens (tertiary/aromatic N) is 5. The summed E-state index contributed by atoms with van der Waals surface area (Å²) in [7, 11) is 0. The Morgan fingerprint density at radius 3 is 2.79 bits per heavy atom. The fraction of sp³-hybridized carbons (Fsp3) is 0.174. The molecule has 9 nitrogen and oxygen atoms in total. The molecule has 4 aromatic heterocycles. The van der Waals surface area contributed by atoms with E-state index in [0.717, 1.165) is 11.3 Å². The molecule has 172 valence electrons. The van der Waals surface area contributed by atoms with Gasteiger partial charge in [0.1, 0.15) is 17.0 Å². The molecular formula is C23H20F2N8O. The first-order valence-corrected chi connectivity index (χ1v) is 10.6. The number of imidazole rings is 1. The summed E-state index contributed by atoms with van der Waals surface area (Å²) in [6.07, 6.45) is 0.856. The van der Waals surface area contributed by atoms with E-state index < -0.39 is 13.0 Å². The summed E-state index contributed by atoms with van der Waals surface area (Å²) in [6.45, 7) is -0.365. The molecule has 4 heterocycles. The van der Waals surface area contributed by atoms with Gasteiger partial charge in [-0.1, -0.05) is 12.1 Å². The summed E-state index contributed by atoms with van der Waals surface area (Å²) in [5.74, 6) is 0.178. The monoisotopic (exact) mass is 462 g/mol. The first-order valence-electron chi connectivity index (χ1n) is 10.6. The van der Waals surface area contributed by atoms with Crippen LogP contribution in [0.25, 0.3) is 33.2 Å². The number of hydrogen-bond acceptors (Lipinski definition) is 6. The summed E-state index contributed by atoms with van der Waals surface area (Å²) < 4.78 is 28.5. The molecule has 1 aromatic carbocycles. The van der Waals surface area contributed by atoms with Gasteiger partial charge in [0.2, 0.25) is 0 Å². The van der Waals surface area contributed by atoms with Crippen LogP contribution < -0.4 is 11.1 Å². The quantitative estimate of drug-likeness (QED) is 0.341. The first-order chi connectivity index (χ1) is 16.5. The van der Waals surface area contributed by atoms with Gasteiger partial charge in [-0.3, -0.25) is 14.9 Å². The molecule has 0 saturated carbocycles. The van der Waals surface area contributed by atoms with Gasteiger partial charge in [0.25, 0.3) is 12.3 Å². The Labute approximate surface area is 192 Å². The Bertz CT molecular complexity index is 1470. The minimum atomic E-state index is -2.60. The van der Waals surface area contributed by atoms with E-state index in [4.69, 9.17) is 5.73 Å². The second-order valence-electron chi connectivity index (χ2n) is 7.64. The van der Waals surface area contributed by atoms with Gasteiger partial charge in [-0.05, 0) is 30.3 Å². The number of aromatic amines is 1. The van der Waals surface area contributed by atoms with Crippen molar-refractivity contribution in [3.05, 3.63) is 66.4 Å². The Kier molecular flexibility index (Phi) is 5.58. The van der Waals surface area contributed by atoms with Crippen LogP contribution in [0.2, 0.25) is 0 Å². The van der Waals surface area contributed by atoms with Crippen LogP contribution in [-0.4, -0.2) is 48.6 Å². The largest absolute Gasteiger partial charge is 0.382 e. The lowest BCUT2D eigenvalue weighted by atomic mass is 10.1. The van der Waals surface area contributed by atoms with Crippen LogP contribution >= 0.6 is 0 Å². The Balaban J connectivity index is 1.52. The van der Waals surface area contributed by atoms with E-state index in [1.807, 2.05) is 24.3 Å². The number of halogens is 2. The second-order valence-corrected chi connectivity index (χ2v) is 7.64. The molecule has 0 atom stereocenters. The zero-order valence-corrected chi connectivity index (χ0v) is 17.9. The number of alkyl halides is 2. The molecule has 11 heteroatoms. The van der Waals surface area contributed by atoms with Crippen LogP contribution in [0, 0.1) is 0 Å². The van der Waals surface area contributed by atoms with Crippen LogP contribution in [-0.2, 0) is 13.0 Å². The number of hydrogen-bond donors (Lipinski definition) is 3. The standard InChI is InChI=1S/C23H20F2N8O/c24-18(25)12-33-19(7-9-28-23(34)16-3-1-2-8-27-16)31-20-21(33)14-5-4-13(15-6-10-29-32-15)11-17(14)30-22(20)26/h1-6,8,10-11,18H,7,9,12H2,(H2,26,30)(H,28,34)(H,29,32). The number of carbonyl (C=O) groups is 1. The SMILES string of the molecule is Nc1nc2cc(-c3cc[nH]n3)ccc2c2c1nc(CCNC(=O)c1ccccn1)n2CC(F)F. The van der Waals surface area contributed by atoms with E-state index in [0.29, 0.717) is 27.8 Å². The molecule has 0 spiro atoms. The summed E-state index contributed by atoms with van der Waals surface area (Å²) in [6, 6.07) is 12.3. The normalized spacial score (nSPS) is 11.5. The zero-order valence-electron chi connectivity index (χ0n) is 17.9. The van der Waals surface area contributed by atoms with Crippen molar-refractivity contribution in [2.75, 3.05) is 12.3 Å². The van der Waals surface area contributed by atoms with Crippen molar-refractivity contribution in [2.24, 2.45) is 0 Å². The molecule has 0 aliphatic heterocycles. The van der Waals surface area contributed by atoms with E-state index in [-0.39, 0.29) is 30.4 Å². The molecule has 1 amide bonds. The number of rotatable bonds is 7. The zero-order chi connectivity index (χ0) is 23.7. The van der Waals surface area contributed by atoms with E-state index in [2.05, 4.69) is 30.5 Å². The first kappa shape index (κ1) is 21.4. The molecule has 5 aromatic rings. The van der Waals surface area contributed by atoms with E-state index >= 15 is 0 Å². The Hall–Kier alpha value is -4.41. The Morgan fingerprint density at radius 1 is 1.18 bits per heavy atom. The lowest BCUT2D eigenvalue weighted by molar-refractivity contribution is 0.0948. The van der Waals surface area contributed by atoms with E-state index in [1.165, 1.54) is 10.8 Å². The minimum absolute atomic E-state index is 0.147. The maximum atomic E-state index is 13.5. The Morgan fingerprint density at radius 2 is 2.06 bits per heavy atom. The molecular weight excluding hydrogens is 442 g/mol. The molecule has 0 saturated heterocycles. The molecule has 4 N–H and O–H groups in total. The van der Waals surface area contributed by atoms with Gasteiger partial charge in [0.05, 0.1) is 23.3 Å². The molecule has 34 heavy (non-hydrogen) atoms. The average molecular weight is 462 g/mol. The van der Waals surface area contributed by atoms with Crippen molar-refractivity contribution in [3.63, 3.8) is 0 Å². The third-order valence-electron chi connectivity index (χ3n) is 5.43. The molecule has 0 aliphatic carbocycles. The highest BCUT2D eigenvalue weighted by Gasteiger charge is 2.20. The highest BCUT2D eigenvalue weighted by atomic mass is 19.3. The van der Waals surface area contributed by atoms with Crippen LogP contribution in [0.5, 0.6) is 0 Å². The summed E-state index contributed by atoms with van der Waals surface area (Å²) in [5.41, 5.74) is 9.40. The maximum Gasteiger partial charge on any atom is 0.269 e. The van der Waals surface area contributed by atoms with Crippen molar-refractivity contribution in [3.8, 4) is 11.3 Å². The van der Waals surface area contributed by atoms with E-state index in [1.54, 1.807) is 24.4 Å². The number of fused-ring (bicyclic) bond motifs is 3. The number of carbonyl (C=O) groups excluding carboxylic acids is 1. The van der Waals surface area contributed by atoms with Gasteiger partial charge in [0, 0.05) is 36.3 Å². The number of nitrogens with one attached hydrogen (secondary N) is 2. The number of anilines is 1. The highest BCUT2D eigenvalue weighted by molar-refractivity contribution is 6.07. The number of H-pyrrole nitrogens is 1. The lowest BCUT2D eigenvalue weighted by Gasteiger charge is -2.11. The maximum absolute atomic E-state index is 13.5. The number of amides is 1. The summed E-state index contributed by atoms with van der Waals surface area (Å²) >= 11 is 0. The van der Waals surface area contributed by atoms with Gasteiger partial charge >= 0.3 is 0 Å². The molecule has 0 unspecified atom stereocenters. The van der Waals surface area contributed by atoms with Crippen LogP contribution in [0.4, 0.5) is 14.6 Å². The number of nitrogens with two attached hydrogens (primary N) is 1. The van der Waals surface area contributed by atoms with Crippen LogP contribution in [0.1, 0.15) is 16.3 Å². The lowest BCUT2D eigenvalue weighted by Crippen LogP contribution is -2.27. The minimum Gasteiger partial charge on any atom is -0.382 e. The topological polar surface area (TPSA) is 127 Å². The highest BCUT2D eigenvalue weighted by Crippen LogP contribution is 2.32. The van der Waals surface area contributed by atoms with Crippen molar-refractivity contribution >= 4 is 33.7 Å². The van der Waals surface area contributed by atoms with Crippen molar-refractivity contribution < 1.29 is 13.6 Å². The van der Waals surface area contributed by atoms with Gasteiger partial charge in [-0.2, -0.15) is 5.10 Å². The van der Waals surface area contributed by atoms with E-state index in [9.17, 15) is 13.6 Å². The van der Waals surface area contributed by atoms with Gasteiger partial charge in [0.15, 0.2) is 5.82 Å². The van der Waals surface area contributed by atoms with Gasteiger partial charge in [-0.25, -0.2) is 18.7 Å². The van der Waals surface area contributed by atoms with Crippen LogP contribution in [0.15, 0.2) is 54.9 Å². The predicted molar refractivity (Wildman–Crippen MR) is 123 cm³/mol. The predicted octanol–water partition coefficient (Wildman–Crippen LogP) is 3.19. The molecule has 0 fully saturated rings. The number of aromatic nitrogens is 6. The van der Waals surface area contributed by atoms with Crippen molar-refractivity contribution in [1.29, 1.82) is 0 Å². The third-order valence-corrected chi connectivity index (χ3v) is 5.43. The molecule has 0 aliphatic rings. The average Bonchev–Trinajstić information content (AvgIpc) is 3.49. The van der Waals surface area contributed by atoms with Crippen molar-refractivity contribution in [1.82, 2.24) is 35.0 Å². The fourth-order valence-electron chi connectivity index (χ4n) is 3.94. The number of nitrogen functional groups attached to an aromatic ring is 1. The third kappa shape index (κ3) is 4.03. The van der Waals surface area contributed by atoms with Crippen molar-refractivity contribution in [2.45, 2.75) is 19.4 Å².